The Morgan fingerprint density at radius 3 is 2.89 bits per heavy atom. The van der Waals surface area contributed by atoms with Gasteiger partial charge in [-0.15, -0.1) is 0 Å². The van der Waals surface area contributed by atoms with Crippen LogP contribution in [0.1, 0.15) is 25.3 Å². The molecule has 18 heavy (non-hydrogen) atoms. The van der Waals surface area contributed by atoms with E-state index < -0.39 is 0 Å². The average molecular weight is 247 g/mol. The lowest BCUT2D eigenvalue weighted by molar-refractivity contribution is -0.128. The highest BCUT2D eigenvalue weighted by Crippen LogP contribution is 2.29. The zero-order valence-corrected chi connectivity index (χ0v) is 11.2. The normalized spacial score (nSPS) is 23.7. The molecule has 1 aromatic carbocycles. The van der Waals surface area contributed by atoms with Gasteiger partial charge in [-0.25, -0.2) is 0 Å². The van der Waals surface area contributed by atoms with Crippen molar-refractivity contribution in [2.75, 3.05) is 20.2 Å². The van der Waals surface area contributed by atoms with E-state index in [2.05, 4.69) is 12.2 Å². The van der Waals surface area contributed by atoms with Gasteiger partial charge in [-0.2, -0.15) is 0 Å². The van der Waals surface area contributed by atoms with Gasteiger partial charge >= 0.3 is 0 Å². The first-order valence-corrected chi connectivity index (χ1v) is 6.52. The van der Waals surface area contributed by atoms with Crippen LogP contribution >= 0.6 is 0 Å². The van der Waals surface area contributed by atoms with E-state index >= 15 is 0 Å². The van der Waals surface area contributed by atoms with E-state index in [0.29, 0.717) is 12.2 Å². The van der Waals surface area contributed by atoms with Crippen molar-refractivity contribution in [1.82, 2.24) is 5.32 Å². The van der Waals surface area contributed by atoms with Gasteiger partial charge in [0.1, 0.15) is 11.5 Å². The number of para-hydroxylation sites is 1. The summed E-state index contributed by atoms with van der Waals surface area (Å²) in [6.07, 6.45) is 2.52. The monoisotopic (exact) mass is 247 g/mol. The zero-order chi connectivity index (χ0) is 13.0. The second-order valence-electron chi connectivity index (χ2n) is 5.25. The van der Waals surface area contributed by atoms with E-state index in [4.69, 9.17) is 4.74 Å². The van der Waals surface area contributed by atoms with Crippen LogP contribution in [0.25, 0.3) is 0 Å². The first kappa shape index (κ1) is 13.1. The molecule has 98 valence electrons. The van der Waals surface area contributed by atoms with Crippen molar-refractivity contribution in [3.8, 4) is 5.75 Å². The molecule has 1 atom stereocenters. The standard InChI is InChI=1S/C15H21NO2/c1-15(8-5-9-16-11-15)14(17)10-12-6-3-4-7-13(12)18-2/h3-4,6-7,16H,5,8-11H2,1-2H3. The Labute approximate surface area is 109 Å². The highest BCUT2D eigenvalue weighted by atomic mass is 16.5. The SMILES string of the molecule is COc1ccccc1CC(=O)C1(C)CCCNC1. The number of ketones is 1. The maximum Gasteiger partial charge on any atom is 0.144 e. The third-order valence-electron chi connectivity index (χ3n) is 3.81. The molecule has 0 radical (unpaired) electrons. The summed E-state index contributed by atoms with van der Waals surface area (Å²) >= 11 is 0. The number of Topliss-reactive ketones (excluding diaryl/α,β-unsaturated/α-hetero) is 1. The van der Waals surface area contributed by atoms with Crippen molar-refractivity contribution in [2.24, 2.45) is 5.41 Å². The second kappa shape index (κ2) is 5.53. The predicted molar refractivity (Wildman–Crippen MR) is 71.9 cm³/mol. The number of nitrogens with one attached hydrogen (secondary N) is 1. The molecule has 1 heterocycles. The number of hydrogen-bond acceptors (Lipinski definition) is 3. The Morgan fingerprint density at radius 2 is 2.22 bits per heavy atom. The minimum Gasteiger partial charge on any atom is -0.496 e. The van der Waals surface area contributed by atoms with Crippen LogP contribution in [0.3, 0.4) is 0 Å². The van der Waals surface area contributed by atoms with Gasteiger partial charge in [0.2, 0.25) is 0 Å². The van der Waals surface area contributed by atoms with Gasteiger partial charge in [-0.1, -0.05) is 25.1 Å². The topological polar surface area (TPSA) is 38.3 Å². The van der Waals surface area contributed by atoms with Crippen LogP contribution in [-0.4, -0.2) is 26.0 Å². The fourth-order valence-electron chi connectivity index (χ4n) is 2.53. The minimum atomic E-state index is -0.223. The van der Waals surface area contributed by atoms with Crippen molar-refractivity contribution < 1.29 is 9.53 Å². The van der Waals surface area contributed by atoms with Gasteiger partial charge < -0.3 is 10.1 Å². The summed E-state index contributed by atoms with van der Waals surface area (Å²) in [4.78, 5) is 12.5. The van der Waals surface area contributed by atoms with Crippen LogP contribution in [-0.2, 0) is 11.2 Å². The highest BCUT2D eigenvalue weighted by Gasteiger charge is 2.34. The number of carbonyl (C=O) groups excluding carboxylic acids is 1. The Hall–Kier alpha value is -1.35. The first-order valence-electron chi connectivity index (χ1n) is 6.52. The number of hydrogen-bond donors (Lipinski definition) is 1. The number of ether oxygens (including phenoxy) is 1. The molecule has 1 unspecified atom stereocenters. The molecular weight excluding hydrogens is 226 g/mol. The molecular formula is C15H21NO2. The molecule has 1 fully saturated rings. The van der Waals surface area contributed by atoms with Crippen molar-refractivity contribution in [3.05, 3.63) is 29.8 Å². The van der Waals surface area contributed by atoms with Crippen LogP contribution in [0.15, 0.2) is 24.3 Å². The van der Waals surface area contributed by atoms with Gasteiger partial charge in [-0.3, -0.25) is 4.79 Å². The molecule has 0 spiro atoms. The van der Waals surface area contributed by atoms with Crippen LogP contribution in [0, 0.1) is 5.41 Å². The van der Waals surface area contributed by atoms with E-state index in [0.717, 1.165) is 37.2 Å². The maximum atomic E-state index is 12.5. The van der Waals surface area contributed by atoms with Crippen LogP contribution in [0.5, 0.6) is 5.75 Å². The molecule has 1 aliphatic rings. The number of rotatable bonds is 4. The quantitative estimate of drug-likeness (QED) is 0.886. The van der Waals surface area contributed by atoms with E-state index in [1.807, 2.05) is 24.3 Å². The van der Waals surface area contributed by atoms with Gasteiger partial charge in [-0.05, 0) is 25.5 Å². The molecule has 0 bridgehead atoms. The van der Waals surface area contributed by atoms with Gasteiger partial charge in [0.25, 0.3) is 0 Å². The fourth-order valence-corrected chi connectivity index (χ4v) is 2.53. The number of carbonyl (C=O) groups is 1. The maximum absolute atomic E-state index is 12.5. The lowest BCUT2D eigenvalue weighted by atomic mass is 9.77. The predicted octanol–water partition coefficient (Wildman–Crippen LogP) is 2.20. The van der Waals surface area contributed by atoms with Crippen LogP contribution < -0.4 is 10.1 Å². The molecule has 3 heteroatoms. The highest BCUT2D eigenvalue weighted by molar-refractivity contribution is 5.87. The molecule has 3 nitrogen and oxygen atoms in total. The Kier molecular flexibility index (Phi) is 4.02. The molecule has 1 N–H and O–H groups in total. The van der Waals surface area contributed by atoms with Crippen molar-refractivity contribution in [3.63, 3.8) is 0 Å². The molecule has 1 aromatic rings. The third kappa shape index (κ3) is 2.72. The molecule has 1 saturated heterocycles. The number of benzene rings is 1. The van der Waals surface area contributed by atoms with Gasteiger partial charge in [0.15, 0.2) is 0 Å². The molecule has 0 amide bonds. The van der Waals surface area contributed by atoms with Crippen molar-refractivity contribution in [2.45, 2.75) is 26.2 Å². The largest absolute Gasteiger partial charge is 0.496 e. The summed E-state index contributed by atoms with van der Waals surface area (Å²) in [5, 5.41) is 3.32. The average Bonchev–Trinajstić information content (AvgIpc) is 2.40. The fraction of sp³-hybridized carbons (Fsp3) is 0.533. The van der Waals surface area contributed by atoms with Crippen molar-refractivity contribution >= 4 is 5.78 Å². The van der Waals surface area contributed by atoms with Crippen LogP contribution in [0.2, 0.25) is 0 Å². The van der Waals surface area contributed by atoms with E-state index in [9.17, 15) is 4.79 Å². The third-order valence-corrected chi connectivity index (χ3v) is 3.81. The lowest BCUT2D eigenvalue weighted by Gasteiger charge is -2.32. The summed E-state index contributed by atoms with van der Waals surface area (Å²) in [5.41, 5.74) is 0.760. The zero-order valence-electron chi connectivity index (χ0n) is 11.2. The molecule has 1 aliphatic heterocycles. The Bertz CT molecular complexity index is 422. The lowest BCUT2D eigenvalue weighted by Crippen LogP contribution is -2.44. The summed E-state index contributed by atoms with van der Waals surface area (Å²) in [5.74, 6) is 1.11. The molecule has 0 aliphatic carbocycles. The van der Waals surface area contributed by atoms with E-state index in [1.165, 1.54) is 0 Å². The number of piperidine rings is 1. The minimum absolute atomic E-state index is 0.223. The summed E-state index contributed by atoms with van der Waals surface area (Å²) in [7, 11) is 1.65. The number of methoxy groups -OCH3 is 1. The van der Waals surface area contributed by atoms with E-state index in [1.54, 1.807) is 7.11 Å². The van der Waals surface area contributed by atoms with E-state index in [-0.39, 0.29) is 5.41 Å². The summed E-state index contributed by atoms with van der Waals surface area (Å²) in [6.45, 7) is 3.88. The Balaban J connectivity index is 2.10. The summed E-state index contributed by atoms with van der Waals surface area (Å²) < 4.78 is 5.30. The summed E-state index contributed by atoms with van der Waals surface area (Å²) in [6, 6.07) is 7.75. The second-order valence-corrected chi connectivity index (χ2v) is 5.25. The molecule has 0 saturated carbocycles. The Morgan fingerprint density at radius 1 is 1.44 bits per heavy atom. The molecule has 2 rings (SSSR count). The van der Waals surface area contributed by atoms with Crippen LogP contribution in [0.4, 0.5) is 0 Å². The molecule has 0 aromatic heterocycles. The first-order chi connectivity index (χ1) is 8.65. The van der Waals surface area contributed by atoms with Gasteiger partial charge in [0.05, 0.1) is 7.11 Å². The smallest absolute Gasteiger partial charge is 0.144 e. The van der Waals surface area contributed by atoms with Gasteiger partial charge in [0, 0.05) is 23.9 Å². The van der Waals surface area contributed by atoms with Crippen molar-refractivity contribution in [1.29, 1.82) is 0 Å².